The number of carboxylic acids is 1. The van der Waals surface area contributed by atoms with Gasteiger partial charge in [-0.25, -0.2) is 9.78 Å². The molecule has 1 aromatic heterocycles. The number of carbonyl (C=O) groups is 3. The van der Waals surface area contributed by atoms with E-state index in [1.54, 1.807) is 6.20 Å². The van der Waals surface area contributed by atoms with Crippen LogP contribution in [0.3, 0.4) is 0 Å². The Balaban J connectivity index is 2.73. The molecule has 10 heteroatoms. The van der Waals surface area contributed by atoms with Crippen LogP contribution in [0.1, 0.15) is 25.1 Å². The summed E-state index contributed by atoms with van der Waals surface area (Å²) < 4.78 is 0. The van der Waals surface area contributed by atoms with Crippen LogP contribution in [0.4, 0.5) is 0 Å². The lowest BCUT2D eigenvalue weighted by Crippen LogP contribution is -2.53. The van der Waals surface area contributed by atoms with Gasteiger partial charge in [0.25, 0.3) is 0 Å². The van der Waals surface area contributed by atoms with Gasteiger partial charge in [0, 0.05) is 18.8 Å². The number of carbonyl (C=O) groups excluding carboxylic acids is 2. The Bertz CT molecular complexity index is 533. The monoisotopic (exact) mass is 340 g/mol. The Morgan fingerprint density at radius 2 is 1.96 bits per heavy atom. The largest absolute Gasteiger partial charge is 0.480 e. The second-order valence-corrected chi connectivity index (χ2v) is 5.25. The molecule has 24 heavy (non-hydrogen) atoms. The van der Waals surface area contributed by atoms with Gasteiger partial charge < -0.3 is 32.2 Å². The molecule has 10 nitrogen and oxygen atoms in total. The predicted molar refractivity (Wildman–Crippen MR) is 85.7 cm³/mol. The van der Waals surface area contributed by atoms with Crippen molar-refractivity contribution in [2.75, 3.05) is 13.1 Å². The molecule has 0 spiro atoms. The zero-order chi connectivity index (χ0) is 17.9. The van der Waals surface area contributed by atoms with Gasteiger partial charge in [-0.3, -0.25) is 9.59 Å². The molecule has 2 unspecified atom stereocenters. The first-order valence-electron chi connectivity index (χ1n) is 7.68. The van der Waals surface area contributed by atoms with E-state index in [1.165, 1.54) is 6.20 Å². The second-order valence-electron chi connectivity index (χ2n) is 5.25. The number of rotatable bonds is 11. The minimum atomic E-state index is -1.14. The predicted octanol–water partition coefficient (Wildman–Crippen LogP) is -1.91. The summed E-state index contributed by atoms with van der Waals surface area (Å²) in [5.74, 6) is -1.77. The van der Waals surface area contributed by atoms with E-state index in [0.29, 0.717) is 25.2 Å². The highest BCUT2D eigenvalue weighted by atomic mass is 16.4. The number of hydrogen-bond donors (Lipinski definition) is 6. The number of nitrogens with zero attached hydrogens (tertiary/aromatic N) is 1. The summed E-state index contributed by atoms with van der Waals surface area (Å²) in [7, 11) is 0. The van der Waals surface area contributed by atoms with E-state index in [9.17, 15) is 19.5 Å². The molecule has 0 aromatic carbocycles. The van der Waals surface area contributed by atoms with Crippen LogP contribution in [0.2, 0.25) is 0 Å². The fourth-order valence-corrected chi connectivity index (χ4v) is 2.09. The third-order valence-electron chi connectivity index (χ3n) is 3.35. The van der Waals surface area contributed by atoms with Crippen molar-refractivity contribution in [1.29, 1.82) is 0 Å². The van der Waals surface area contributed by atoms with Crippen molar-refractivity contribution >= 4 is 17.8 Å². The third-order valence-corrected chi connectivity index (χ3v) is 3.35. The number of nitrogens with one attached hydrogen (secondary N) is 3. The number of aromatic amines is 1. The zero-order valence-corrected chi connectivity index (χ0v) is 13.3. The van der Waals surface area contributed by atoms with Gasteiger partial charge in [0.15, 0.2) is 0 Å². The number of amides is 2. The SMILES string of the molecule is NCCCCC(NC(=O)C(Cc1ncc[nH]1)NC(=O)CN)C(=O)O. The van der Waals surface area contributed by atoms with Crippen LogP contribution in [0, 0.1) is 0 Å². The van der Waals surface area contributed by atoms with Gasteiger partial charge in [0.2, 0.25) is 11.8 Å². The van der Waals surface area contributed by atoms with Gasteiger partial charge >= 0.3 is 5.97 Å². The standard InChI is InChI=1S/C14H24N6O4/c15-4-2-1-3-9(14(23)24)20-13(22)10(19-12(21)8-16)7-11-17-5-6-18-11/h5-6,9-10H,1-4,7-8,15-16H2,(H,17,18)(H,19,21)(H,20,22)(H,23,24). The average Bonchev–Trinajstić information content (AvgIpc) is 3.06. The van der Waals surface area contributed by atoms with Gasteiger partial charge in [0.05, 0.1) is 6.54 Å². The minimum Gasteiger partial charge on any atom is -0.480 e. The molecule has 1 aromatic rings. The summed E-state index contributed by atoms with van der Waals surface area (Å²) in [5, 5.41) is 14.1. The third kappa shape index (κ3) is 6.75. The molecule has 0 fully saturated rings. The molecule has 0 aliphatic heterocycles. The quantitative estimate of drug-likeness (QED) is 0.255. The van der Waals surface area contributed by atoms with E-state index in [0.717, 1.165) is 0 Å². The lowest BCUT2D eigenvalue weighted by atomic mass is 10.1. The maximum atomic E-state index is 12.4. The molecule has 134 valence electrons. The Kier molecular flexibility index (Phi) is 8.44. The molecule has 0 aliphatic carbocycles. The van der Waals surface area contributed by atoms with Crippen molar-refractivity contribution in [2.45, 2.75) is 37.8 Å². The van der Waals surface area contributed by atoms with Crippen molar-refractivity contribution < 1.29 is 19.5 Å². The summed E-state index contributed by atoms with van der Waals surface area (Å²) in [6.07, 6.45) is 4.70. The number of H-pyrrole nitrogens is 1. The summed E-state index contributed by atoms with van der Waals surface area (Å²) in [5.41, 5.74) is 10.6. The van der Waals surface area contributed by atoms with Crippen LogP contribution in [-0.2, 0) is 20.8 Å². The Morgan fingerprint density at radius 3 is 2.50 bits per heavy atom. The molecule has 0 aliphatic rings. The van der Waals surface area contributed by atoms with Crippen molar-refractivity contribution in [3.05, 3.63) is 18.2 Å². The Morgan fingerprint density at radius 1 is 1.21 bits per heavy atom. The fraction of sp³-hybridized carbons (Fsp3) is 0.571. The van der Waals surface area contributed by atoms with Crippen LogP contribution in [0.15, 0.2) is 12.4 Å². The first kappa shape index (κ1) is 19.6. The number of aromatic nitrogens is 2. The van der Waals surface area contributed by atoms with Crippen molar-refractivity contribution in [1.82, 2.24) is 20.6 Å². The van der Waals surface area contributed by atoms with Gasteiger partial charge in [-0.05, 0) is 25.8 Å². The van der Waals surface area contributed by atoms with E-state index >= 15 is 0 Å². The van der Waals surface area contributed by atoms with Crippen LogP contribution < -0.4 is 22.1 Å². The molecule has 0 bridgehead atoms. The number of hydrogen-bond acceptors (Lipinski definition) is 6. The highest BCUT2D eigenvalue weighted by Gasteiger charge is 2.26. The van der Waals surface area contributed by atoms with Crippen molar-refractivity contribution in [3.8, 4) is 0 Å². The minimum absolute atomic E-state index is 0.0969. The van der Waals surface area contributed by atoms with Crippen LogP contribution >= 0.6 is 0 Å². The maximum absolute atomic E-state index is 12.4. The number of aliphatic carboxylic acids is 1. The molecule has 8 N–H and O–H groups in total. The van der Waals surface area contributed by atoms with Crippen molar-refractivity contribution in [3.63, 3.8) is 0 Å². The van der Waals surface area contributed by atoms with Crippen LogP contribution in [-0.4, -0.2) is 58.0 Å². The molecule has 0 saturated heterocycles. The van der Waals surface area contributed by atoms with E-state index in [4.69, 9.17) is 11.5 Å². The van der Waals surface area contributed by atoms with Crippen LogP contribution in [0.5, 0.6) is 0 Å². The van der Waals surface area contributed by atoms with Gasteiger partial charge in [-0.15, -0.1) is 0 Å². The Hall–Kier alpha value is -2.46. The summed E-state index contributed by atoms with van der Waals surface area (Å²) in [6, 6.07) is -2.01. The van der Waals surface area contributed by atoms with Crippen molar-refractivity contribution in [2.24, 2.45) is 11.5 Å². The van der Waals surface area contributed by atoms with Gasteiger partial charge in [-0.1, -0.05) is 0 Å². The van der Waals surface area contributed by atoms with Crippen LogP contribution in [0.25, 0.3) is 0 Å². The normalized spacial score (nSPS) is 13.1. The van der Waals surface area contributed by atoms with E-state index in [1.807, 2.05) is 0 Å². The second kappa shape index (κ2) is 10.3. The number of nitrogens with two attached hydrogens (primary N) is 2. The van der Waals surface area contributed by atoms with E-state index in [2.05, 4.69) is 20.6 Å². The maximum Gasteiger partial charge on any atom is 0.326 e. The molecule has 0 radical (unpaired) electrons. The number of unbranched alkanes of at least 4 members (excludes halogenated alkanes) is 1. The highest BCUT2D eigenvalue weighted by molar-refractivity contribution is 5.90. The molecule has 1 heterocycles. The van der Waals surface area contributed by atoms with E-state index in [-0.39, 0.29) is 19.4 Å². The first-order valence-corrected chi connectivity index (χ1v) is 7.68. The lowest BCUT2D eigenvalue weighted by molar-refractivity contribution is -0.142. The Labute approximate surface area is 139 Å². The molecule has 1 rings (SSSR count). The fourth-order valence-electron chi connectivity index (χ4n) is 2.09. The molecule has 0 saturated carbocycles. The number of carboxylic acid groups (broad SMARTS) is 1. The topological polar surface area (TPSA) is 176 Å². The zero-order valence-electron chi connectivity index (χ0n) is 13.3. The molecular weight excluding hydrogens is 316 g/mol. The summed E-state index contributed by atoms with van der Waals surface area (Å²) in [4.78, 5) is 42.0. The number of imidazole rings is 1. The first-order chi connectivity index (χ1) is 11.5. The van der Waals surface area contributed by atoms with Gasteiger partial charge in [0.1, 0.15) is 17.9 Å². The highest BCUT2D eigenvalue weighted by Crippen LogP contribution is 2.03. The molecule has 2 amide bonds. The summed E-state index contributed by atoms with van der Waals surface area (Å²) >= 11 is 0. The summed E-state index contributed by atoms with van der Waals surface area (Å²) in [6.45, 7) is 0.175. The average molecular weight is 340 g/mol. The van der Waals surface area contributed by atoms with E-state index < -0.39 is 29.9 Å². The molecule has 2 atom stereocenters. The molecular formula is C14H24N6O4. The lowest BCUT2D eigenvalue weighted by Gasteiger charge is -2.20. The van der Waals surface area contributed by atoms with Gasteiger partial charge in [-0.2, -0.15) is 0 Å². The smallest absolute Gasteiger partial charge is 0.326 e.